The Hall–Kier alpha value is -1.68. The molecule has 0 amide bonds. The van der Waals surface area contributed by atoms with Crippen LogP contribution >= 0.6 is 0 Å². The molecule has 0 saturated heterocycles. The third-order valence-electron chi connectivity index (χ3n) is 2.29. The Balaban J connectivity index is 2.37. The molecule has 1 N–H and O–H groups in total. The van der Waals surface area contributed by atoms with Gasteiger partial charge in [-0.05, 0) is 24.7 Å². The maximum Gasteiger partial charge on any atom is 0.0694 e. The molecule has 0 aliphatic carbocycles. The zero-order valence-corrected chi connectivity index (χ0v) is 8.94. The average molecular weight is 202 g/mol. The van der Waals surface area contributed by atoms with Crippen molar-refractivity contribution in [2.24, 2.45) is 7.05 Å². The molecular weight excluding hydrogens is 188 g/mol. The van der Waals surface area contributed by atoms with Gasteiger partial charge in [0, 0.05) is 37.7 Å². The van der Waals surface area contributed by atoms with Gasteiger partial charge in [0.1, 0.15) is 0 Å². The molecule has 2 aromatic rings. The minimum absolute atomic E-state index is 0.832. The zero-order valence-electron chi connectivity index (χ0n) is 8.94. The Morgan fingerprint density at radius 1 is 1.40 bits per heavy atom. The van der Waals surface area contributed by atoms with E-state index in [0.717, 1.165) is 17.8 Å². The van der Waals surface area contributed by atoms with Gasteiger partial charge in [-0.1, -0.05) is 0 Å². The highest BCUT2D eigenvalue weighted by molar-refractivity contribution is 5.58. The fraction of sp³-hybridized carbons (Fsp3) is 0.273. The van der Waals surface area contributed by atoms with Crippen molar-refractivity contribution in [2.75, 3.05) is 7.05 Å². The van der Waals surface area contributed by atoms with Crippen LogP contribution in [-0.2, 0) is 13.6 Å². The van der Waals surface area contributed by atoms with E-state index in [1.54, 1.807) is 6.20 Å². The molecule has 0 aromatic carbocycles. The van der Waals surface area contributed by atoms with Crippen molar-refractivity contribution in [2.45, 2.75) is 6.54 Å². The zero-order chi connectivity index (χ0) is 10.7. The number of hydrogen-bond acceptors (Lipinski definition) is 3. The fourth-order valence-electron chi connectivity index (χ4n) is 1.59. The summed E-state index contributed by atoms with van der Waals surface area (Å²) in [6.07, 6.45) is 5.52. The largest absolute Gasteiger partial charge is 0.316 e. The molecule has 2 aromatic heterocycles. The normalized spacial score (nSPS) is 10.5. The molecule has 15 heavy (non-hydrogen) atoms. The van der Waals surface area contributed by atoms with Gasteiger partial charge in [-0.15, -0.1) is 0 Å². The number of aryl methyl sites for hydroxylation is 1. The van der Waals surface area contributed by atoms with Crippen LogP contribution in [0.25, 0.3) is 11.3 Å². The highest BCUT2D eigenvalue weighted by atomic mass is 15.3. The van der Waals surface area contributed by atoms with Gasteiger partial charge in [0.05, 0.1) is 5.69 Å². The molecular formula is C11H14N4. The predicted octanol–water partition coefficient (Wildman–Crippen LogP) is 1.20. The van der Waals surface area contributed by atoms with Crippen molar-refractivity contribution in [1.29, 1.82) is 0 Å². The third-order valence-corrected chi connectivity index (χ3v) is 2.29. The first-order valence-electron chi connectivity index (χ1n) is 4.88. The molecule has 0 radical (unpaired) electrons. The molecule has 0 fully saturated rings. The second-order valence-corrected chi connectivity index (χ2v) is 3.45. The molecule has 4 heteroatoms. The van der Waals surface area contributed by atoms with Gasteiger partial charge >= 0.3 is 0 Å². The van der Waals surface area contributed by atoms with E-state index < -0.39 is 0 Å². The quantitative estimate of drug-likeness (QED) is 0.813. The number of rotatable bonds is 3. The molecule has 4 nitrogen and oxygen atoms in total. The van der Waals surface area contributed by atoms with E-state index >= 15 is 0 Å². The Morgan fingerprint density at radius 2 is 2.27 bits per heavy atom. The van der Waals surface area contributed by atoms with Crippen molar-refractivity contribution in [1.82, 2.24) is 20.1 Å². The maximum atomic E-state index is 4.22. The van der Waals surface area contributed by atoms with E-state index in [0.29, 0.717) is 0 Å². The molecule has 0 aliphatic heterocycles. The molecule has 0 aliphatic rings. The SMILES string of the molecule is CNCc1cncc(-c2ccnn2C)c1. The third kappa shape index (κ3) is 2.05. The lowest BCUT2D eigenvalue weighted by molar-refractivity contribution is 0.774. The number of aromatic nitrogens is 3. The van der Waals surface area contributed by atoms with Gasteiger partial charge in [-0.2, -0.15) is 5.10 Å². The van der Waals surface area contributed by atoms with Crippen LogP contribution in [0.4, 0.5) is 0 Å². The topological polar surface area (TPSA) is 42.7 Å². The predicted molar refractivity (Wildman–Crippen MR) is 59.2 cm³/mol. The van der Waals surface area contributed by atoms with Crippen LogP contribution in [-0.4, -0.2) is 21.8 Å². The highest BCUT2D eigenvalue weighted by Gasteiger charge is 2.03. The number of nitrogens with zero attached hydrogens (tertiary/aromatic N) is 3. The first kappa shape index (κ1) is 9.86. The van der Waals surface area contributed by atoms with Crippen molar-refractivity contribution >= 4 is 0 Å². The lowest BCUT2D eigenvalue weighted by Crippen LogP contribution is -2.05. The molecule has 0 atom stereocenters. The molecule has 2 heterocycles. The molecule has 78 valence electrons. The highest BCUT2D eigenvalue weighted by Crippen LogP contribution is 2.17. The summed E-state index contributed by atoms with van der Waals surface area (Å²) < 4.78 is 1.85. The molecule has 0 unspecified atom stereocenters. The minimum Gasteiger partial charge on any atom is -0.316 e. The summed E-state index contributed by atoms with van der Waals surface area (Å²) in [5, 5.41) is 7.25. The summed E-state index contributed by atoms with van der Waals surface area (Å²) in [4.78, 5) is 4.22. The van der Waals surface area contributed by atoms with Gasteiger partial charge < -0.3 is 5.32 Å². The first-order valence-corrected chi connectivity index (χ1v) is 4.88. The summed E-state index contributed by atoms with van der Waals surface area (Å²) in [7, 11) is 3.86. The fourth-order valence-corrected chi connectivity index (χ4v) is 1.59. The van der Waals surface area contributed by atoms with Gasteiger partial charge in [-0.25, -0.2) is 0 Å². The Kier molecular flexibility index (Phi) is 2.78. The van der Waals surface area contributed by atoms with Crippen LogP contribution in [0, 0.1) is 0 Å². The second-order valence-electron chi connectivity index (χ2n) is 3.45. The molecule has 2 rings (SSSR count). The number of nitrogens with one attached hydrogen (secondary N) is 1. The van der Waals surface area contributed by atoms with Crippen LogP contribution in [0.15, 0.2) is 30.7 Å². The summed E-state index contributed by atoms with van der Waals surface area (Å²) in [5.74, 6) is 0. The molecule has 0 bridgehead atoms. The van der Waals surface area contributed by atoms with E-state index in [1.165, 1.54) is 5.56 Å². The standard InChI is InChI=1S/C11H14N4/c1-12-6-9-5-10(8-13-7-9)11-3-4-14-15(11)2/h3-5,7-8,12H,6H2,1-2H3. The van der Waals surface area contributed by atoms with Gasteiger partial charge in [0.15, 0.2) is 0 Å². The van der Waals surface area contributed by atoms with E-state index in [1.807, 2.05) is 37.2 Å². The van der Waals surface area contributed by atoms with Gasteiger partial charge in [0.2, 0.25) is 0 Å². The van der Waals surface area contributed by atoms with E-state index in [9.17, 15) is 0 Å². The van der Waals surface area contributed by atoms with Crippen LogP contribution in [0.2, 0.25) is 0 Å². The van der Waals surface area contributed by atoms with Crippen molar-refractivity contribution in [3.05, 3.63) is 36.3 Å². The van der Waals surface area contributed by atoms with E-state index in [-0.39, 0.29) is 0 Å². The van der Waals surface area contributed by atoms with Crippen LogP contribution < -0.4 is 5.32 Å². The Morgan fingerprint density at radius 3 is 2.93 bits per heavy atom. The molecule has 0 saturated carbocycles. The maximum absolute atomic E-state index is 4.22. The second kappa shape index (κ2) is 4.23. The van der Waals surface area contributed by atoms with E-state index in [2.05, 4.69) is 21.5 Å². The summed E-state index contributed by atoms with van der Waals surface area (Å²) in [6, 6.07) is 4.11. The van der Waals surface area contributed by atoms with Crippen LogP contribution in [0.5, 0.6) is 0 Å². The van der Waals surface area contributed by atoms with Gasteiger partial charge in [0.25, 0.3) is 0 Å². The lowest BCUT2D eigenvalue weighted by Gasteiger charge is -2.04. The summed E-state index contributed by atoms with van der Waals surface area (Å²) >= 11 is 0. The first-order chi connectivity index (χ1) is 7.31. The Bertz CT molecular complexity index is 447. The molecule has 0 spiro atoms. The van der Waals surface area contributed by atoms with Crippen molar-refractivity contribution in [3.8, 4) is 11.3 Å². The van der Waals surface area contributed by atoms with Crippen molar-refractivity contribution < 1.29 is 0 Å². The smallest absolute Gasteiger partial charge is 0.0694 e. The van der Waals surface area contributed by atoms with Crippen LogP contribution in [0.1, 0.15) is 5.56 Å². The summed E-state index contributed by atoms with van der Waals surface area (Å²) in [6.45, 7) is 0.832. The van der Waals surface area contributed by atoms with Crippen molar-refractivity contribution in [3.63, 3.8) is 0 Å². The van der Waals surface area contributed by atoms with E-state index in [4.69, 9.17) is 0 Å². The lowest BCUT2D eigenvalue weighted by atomic mass is 10.1. The average Bonchev–Trinajstić information content (AvgIpc) is 2.65. The van der Waals surface area contributed by atoms with Crippen LogP contribution in [0.3, 0.4) is 0 Å². The summed E-state index contributed by atoms with van der Waals surface area (Å²) in [5.41, 5.74) is 3.36. The monoisotopic (exact) mass is 202 g/mol. The minimum atomic E-state index is 0.832. The Labute approximate surface area is 89.0 Å². The number of hydrogen-bond donors (Lipinski definition) is 1. The van der Waals surface area contributed by atoms with Gasteiger partial charge in [-0.3, -0.25) is 9.67 Å². The number of pyridine rings is 1.